The van der Waals surface area contributed by atoms with Crippen LogP contribution in [0, 0.1) is 0 Å². The molecule has 0 atom stereocenters. The van der Waals surface area contributed by atoms with Crippen LogP contribution in [-0.4, -0.2) is 67.1 Å². The van der Waals surface area contributed by atoms with E-state index in [0.717, 1.165) is 0 Å². The van der Waals surface area contributed by atoms with E-state index in [1.807, 2.05) is 37.7 Å². The second-order valence-corrected chi connectivity index (χ2v) is 6.16. The Bertz CT molecular complexity index is 508. The predicted molar refractivity (Wildman–Crippen MR) is 82.6 cm³/mol. The van der Waals surface area contributed by atoms with Gasteiger partial charge in [-0.1, -0.05) is 0 Å². The van der Waals surface area contributed by atoms with Gasteiger partial charge in [0.2, 0.25) is 11.8 Å². The Kier molecular flexibility index (Phi) is 3.11. The number of hydrogen-bond acceptors (Lipinski definition) is 4. The molecule has 0 aromatic heterocycles. The Morgan fingerprint density at radius 1 is 0.850 bits per heavy atom. The second-order valence-electron chi connectivity index (χ2n) is 5.43. The van der Waals surface area contributed by atoms with E-state index in [1.165, 1.54) is 23.6 Å². The maximum atomic E-state index is 12.1. The Labute approximate surface area is 129 Å². The molecule has 0 unspecified atom stereocenters. The smallest absolute Gasteiger partial charge is 0.227 e. The molecule has 2 fully saturated rings. The third-order valence-corrected chi connectivity index (χ3v) is 5.57. The summed E-state index contributed by atoms with van der Waals surface area (Å²) in [5.74, 6) is -0.421. The van der Waals surface area contributed by atoms with E-state index in [2.05, 4.69) is 0 Å². The molecule has 0 bridgehead atoms. The Balaban J connectivity index is 2.77. The SMILES string of the molecule is CC(=O)N1C(=S)N(C)C2(C)N(C)C(=S)N(C(C)=O)C12C. The molecule has 2 rings (SSSR count). The number of nitrogens with zero attached hydrogens (tertiary/aromatic N) is 4. The van der Waals surface area contributed by atoms with Crippen LogP contribution in [-0.2, 0) is 9.59 Å². The van der Waals surface area contributed by atoms with Crippen LogP contribution in [0.5, 0.6) is 0 Å². The maximum Gasteiger partial charge on any atom is 0.227 e. The molecule has 0 aromatic carbocycles. The lowest BCUT2D eigenvalue weighted by Crippen LogP contribution is -2.65. The molecule has 8 heteroatoms. The predicted octanol–water partition coefficient (Wildman–Crippen LogP) is 0.576. The van der Waals surface area contributed by atoms with Gasteiger partial charge < -0.3 is 9.80 Å². The van der Waals surface area contributed by atoms with Crippen LogP contribution in [0.15, 0.2) is 0 Å². The van der Waals surface area contributed by atoms with E-state index < -0.39 is 11.3 Å². The van der Waals surface area contributed by atoms with Crippen LogP contribution >= 0.6 is 24.4 Å². The van der Waals surface area contributed by atoms with Gasteiger partial charge in [0.25, 0.3) is 0 Å². The molecule has 2 aliphatic rings. The largest absolute Gasteiger partial charge is 0.325 e. The zero-order chi connectivity index (χ0) is 15.6. The zero-order valence-electron chi connectivity index (χ0n) is 12.4. The average Bonchev–Trinajstić information content (AvgIpc) is 2.57. The van der Waals surface area contributed by atoms with Gasteiger partial charge in [-0.25, -0.2) is 0 Å². The van der Waals surface area contributed by atoms with Crippen molar-refractivity contribution in [3.05, 3.63) is 0 Å². The van der Waals surface area contributed by atoms with Crippen molar-refractivity contribution in [2.24, 2.45) is 0 Å². The van der Waals surface area contributed by atoms with E-state index in [9.17, 15) is 9.59 Å². The summed E-state index contributed by atoms with van der Waals surface area (Å²) in [6, 6.07) is 0. The average molecular weight is 314 g/mol. The topological polar surface area (TPSA) is 47.1 Å². The maximum absolute atomic E-state index is 12.1. The molecule has 0 spiro atoms. The molecule has 0 aliphatic carbocycles. The highest BCUT2D eigenvalue weighted by molar-refractivity contribution is 7.80. The second kappa shape index (κ2) is 4.11. The van der Waals surface area contributed by atoms with Gasteiger partial charge in [0, 0.05) is 27.9 Å². The summed E-state index contributed by atoms with van der Waals surface area (Å²) < 4.78 is 0. The minimum absolute atomic E-state index is 0.211. The van der Waals surface area contributed by atoms with Crippen molar-refractivity contribution in [1.29, 1.82) is 0 Å². The van der Waals surface area contributed by atoms with E-state index in [1.54, 1.807) is 0 Å². The van der Waals surface area contributed by atoms with Crippen LogP contribution in [0.4, 0.5) is 0 Å². The van der Waals surface area contributed by atoms with Crippen molar-refractivity contribution >= 4 is 46.5 Å². The monoisotopic (exact) mass is 314 g/mol. The van der Waals surface area contributed by atoms with E-state index in [0.29, 0.717) is 10.2 Å². The first kappa shape index (κ1) is 15.1. The number of likely N-dealkylation sites (N-methyl/N-ethyl adjacent to an activating group) is 2. The molecule has 110 valence electrons. The van der Waals surface area contributed by atoms with Crippen LogP contribution in [0.25, 0.3) is 0 Å². The molecular weight excluding hydrogens is 296 g/mol. The zero-order valence-corrected chi connectivity index (χ0v) is 14.1. The molecule has 0 saturated carbocycles. The van der Waals surface area contributed by atoms with Gasteiger partial charge in [-0.3, -0.25) is 19.4 Å². The number of amides is 2. The quantitative estimate of drug-likeness (QED) is 0.610. The van der Waals surface area contributed by atoms with E-state index in [-0.39, 0.29) is 11.8 Å². The number of carbonyl (C=O) groups is 2. The summed E-state index contributed by atoms with van der Waals surface area (Å²) in [5, 5.41) is 0.784. The minimum Gasteiger partial charge on any atom is -0.325 e. The summed E-state index contributed by atoms with van der Waals surface area (Å²) in [5.41, 5.74) is -1.65. The Hall–Kier alpha value is -1.28. The number of hydrogen-bond donors (Lipinski definition) is 0. The van der Waals surface area contributed by atoms with Gasteiger partial charge >= 0.3 is 0 Å². The minimum atomic E-state index is -0.956. The first-order chi connectivity index (χ1) is 9.02. The summed E-state index contributed by atoms with van der Waals surface area (Å²) >= 11 is 10.8. The van der Waals surface area contributed by atoms with Crippen molar-refractivity contribution in [2.45, 2.75) is 39.0 Å². The Morgan fingerprint density at radius 2 is 1.15 bits per heavy atom. The molecule has 2 heterocycles. The third kappa shape index (κ3) is 1.33. The lowest BCUT2D eigenvalue weighted by Gasteiger charge is -2.43. The van der Waals surface area contributed by atoms with Crippen molar-refractivity contribution in [3.8, 4) is 0 Å². The molecular formula is C12H18N4O2S2. The van der Waals surface area contributed by atoms with Gasteiger partial charge in [0.1, 0.15) is 0 Å². The van der Waals surface area contributed by atoms with Crippen molar-refractivity contribution < 1.29 is 9.59 Å². The third-order valence-electron chi connectivity index (χ3n) is 4.66. The molecule has 20 heavy (non-hydrogen) atoms. The normalized spacial score (nSPS) is 33.1. The van der Waals surface area contributed by atoms with E-state index >= 15 is 0 Å². The fraction of sp³-hybridized carbons (Fsp3) is 0.667. The van der Waals surface area contributed by atoms with Crippen LogP contribution in [0.3, 0.4) is 0 Å². The summed E-state index contributed by atoms with van der Waals surface area (Å²) in [6.45, 7) is 6.63. The lowest BCUT2D eigenvalue weighted by molar-refractivity contribution is -0.143. The molecule has 2 aliphatic heterocycles. The molecule has 2 saturated heterocycles. The van der Waals surface area contributed by atoms with Crippen LogP contribution in [0.1, 0.15) is 27.7 Å². The summed E-state index contributed by atoms with van der Waals surface area (Å²) in [6.07, 6.45) is 0. The highest BCUT2D eigenvalue weighted by atomic mass is 32.1. The summed E-state index contributed by atoms with van der Waals surface area (Å²) in [4.78, 5) is 30.8. The van der Waals surface area contributed by atoms with Crippen LogP contribution < -0.4 is 0 Å². The molecule has 6 nitrogen and oxygen atoms in total. The number of carbonyl (C=O) groups excluding carboxylic acids is 2. The standard InChI is InChI=1S/C12H18N4O2S2/c1-7(17)15-9(19)13(5)11(3)12(15,4)16(8(2)18)10(20)14(11)6/h1-6H3. The van der Waals surface area contributed by atoms with Gasteiger partial charge in [-0.2, -0.15) is 0 Å². The van der Waals surface area contributed by atoms with Crippen LogP contribution in [0.2, 0.25) is 0 Å². The van der Waals surface area contributed by atoms with Crippen molar-refractivity contribution in [1.82, 2.24) is 19.6 Å². The molecule has 0 N–H and O–H groups in total. The van der Waals surface area contributed by atoms with Gasteiger partial charge in [-0.15, -0.1) is 0 Å². The Morgan fingerprint density at radius 3 is 1.40 bits per heavy atom. The lowest BCUT2D eigenvalue weighted by atomic mass is 9.95. The first-order valence-corrected chi connectivity index (χ1v) is 7.01. The highest BCUT2D eigenvalue weighted by Crippen LogP contribution is 2.50. The number of rotatable bonds is 0. The number of fused-ring (bicyclic) bond motifs is 1. The molecule has 2 amide bonds. The fourth-order valence-electron chi connectivity index (χ4n) is 3.31. The van der Waals surface area contributed by atoms with Gasteiger partial charge in [0.05, 0.1) is 0 Å². The first-order valence-electron chi connectivity index (χ1n) is 6.20. The van der Waals surface area contributed by atoms with Crippen molar-refractivity contribution in [3.63, 3.8) is 0 Å². The molecule has 0 aromatic rings. The highest BCUT2D eigenvalue weighted by Gasteiger charge is 2.72. The van der Waals surface area contributed by atoms with Crippen molar-refractivity contribution in [2.75, 3.05) is 14.1 Å². The van der Waals surface area contributed by atoms with Gasteiger partial charge in [-0.05, 0) is 38.3 Å². The van der Waals surface area contributed by atoms with Gasteiger partial charge in [0.15, 0.2) is 21.6 Å². The fourth-order valence-corrected chi connectivity index (χ4v) is 4.28. The van der Waals surface area contributed by atoms with E-state index in [4.69, 9.17) is 24.4 Å². The summed E-state index contributed by atoms with van der Waals surface area (Å²) in [7, 11) is 3.62. The number of thiocarbonyl (C=S) groups is 2. The molecule has 0 radical (unpaired) electrons.